The van der Waals surface area contributed by atoms with Gasteiger partial charge in [-0.1, -0.05) is 49.4 Å². The van der Waals surface area contributed by atoms with Crippen molar-refractivity contribution in [2.24, 2.45) is 0 Å². The highest BCUT2D eigenvalue weighted by Crippen LogP contribution is 2.33. The van der Waals surface area contributed by atoms with E-state index in [-0.39, 0.29) is 5.63 Å². The fourth-order valence-electron chi connectivity index (χ4n) is 3.29. The van der Waals surface area contributed by atoms with Gasteiger partial charge < -0.3 is 4.42 Å². The van der Waals surface area contributed by atoms with Crippen molar-refractivity contribution in [3.05, 3.63) is 70.1 Å². The topological polar surface area (TPSA) is 30.2 Å². The molecular formula is C20H16O2. The molecule has 0 unspecified atom stereocenters. The molecule has 4 rings (SSSR count). The van der Waals surface area contributed by atoms with Gasteiger partial charge in [-0.05, 0) is 41.3 Å². The van der Waals surface area contributed by atoms with E-state index in [9.17, 15) is 4.79 Å². The average Bonchev–Trinajstić information content (AvgIpc) is 2.55. The highest BCUT2D eigenvalue weighted by molar-refractivity contribution is 6.19. The molecule has 0 spiro atoms. The Hall–Kier alpha value is -2.61. The number of benzene rings is 3. The van der Waals surface area contributed by atoms with Gasteiger partial charge in [0.05, 0.1) is 5.39 Å². The molecule has 0 atom stereocenters. The molecule has 1 aromatic heterocycles. The van der Waals surface area contributed by atoms with E-state index < -0.39 is 0 Å². The predicted octanol–water partition coefficient (Wildman–Crippen LogP) is 4.97. The number of aryl methyl sites for hydroxylation is 2. The largest absolute Gasteiger partial charge is 0.422 e. The van der Waals surface area contributed by atoms with E-state index in [0.717, 1.165) is 33.5 Å². The second kappa shape index (κ2) is 4.70. The first-order valence-electron chi connectivity index (χ1n) is 7.57. The molecule has 3 aromatic carbocycles. The first-order chi connectivity index (χ1) is 10.7. The lowest BCUT2D eigenvalue weighted by Gasteiger charge is -2.11. The summed E-state index contributed by atoms with van der Waals surface area (Å²) in [5.74, 6) is 0. The van der Waals surface area contributed by atoms with Gasteiger partial charge in [-0.2, -0.15) is 0 Å². The Morgan fingerprint density at radius 1 is 0.909 bits per heavy atom. The Morgan fingerprint density at radius 2 is 1.73 bits per heavy atom. The third-order valence-corrected chi connectivity index (χ3v) is 4.42. The van der Waals surface area contributed by atoms with Crippen LogP contribution in [0.15, 0.2) is 57.7 Å². The molecule has 0 radical (unpaired) electrons. The zero-order valence-electron chi connectivity index (χ0n) is 12.6. The van der Waals surface area contributed by atoms with Crippen molar-refractivity contribution < 1.29 is 4.42 Å². The third-order valence-electron chi connectivity index (χ3n) is 4.42. The van der Waals surface area contributed by atoms with E-state index in [4.69, 9.17) is 4.42 Å². The Balaban J connectivity index is 2.44. The summed E-state index contributed by atoms with van der Waals surface area (Å²) in [6, 6.07) is 16.2. The minimum Gasteiger partial charge on any atom is -0.422 e. The molecule has 2 heteroatoms. The van der Waals surface area contributed by atoms with Crippen molar-refractivity contribution in [2.75, 3.05) is 0 Å². The van der Waals surface area contributed by atoms with E-state index in [0.29, 0.717) is 11.0 Å². The Bertz CT molecular complexity index is 1090. The molecule has 0 bridgehead atoms. The van der Waals surface area contributed by atoms with Gasteiger partial charge in [-0.15, -0.1) is 0 Å². The summed E-state index contributed by atoms with van der Waals surface area (Å²) in [7, 11) is 0. The first-order valence-corrected chi connectivity index (χ1v) is 7.57. The van der Waals surface area contributed by atoms with Crippen LogP contribution in [0.25, 0.3) is 32.5 Å². The molecule has 0 amide bonds. The van der Waals surface area contributed by atoms with Crippen LogP contribution in [-0.2, 0) is 6.42 Å². The lowest BCUT2D eigenvalue weighted by molar-refractivity contribution is 0.567. The van der Waals surface area contributed by atoms with Gasteiger partial charge in [0.25, 0.3) is 0 Å². The highest BCUT2D eigenvalue weighted by Gasteiger charge is 2.14. The van der Waals surface area contributed by atoms with Crippen LogP contribution < -0.4 is 5.63 Å². The molecule has 0 saturated carbocycles. The summed E-state index contributed by atoms with van der Waals surface area (Å²) in [6.07, 6.45) is 0.906. The minimum absolute atomic E-state index is 0.260. The van der Waals surface area contributed by atoms with Crippen molar-refractivity contribution in [3.63, 3.8) is 0 Å². The fraction of sp³-hybridized carbons (Fsp3) is 0.150. The van der Waals surface area contributed by atoms with Gasteiger partial charge in [-0.3, -0.25) is 0 Å². The maximum atomic E-state index is 12.4. The van der Waals surface area contributed by atoms with E-state index in [1.165, 1.54) is 5.56 Å². The SMILES string of the molecule is CCc1ccc(C)c2oc(=O)c3ccc4ccccc4c3c12. The van der Waals surface area contributed by atoms with E-state index >= 15 is 0 Å². The maximum absolute atomic E-state index is 12.4. The summed E-state index contributed by atoms with van der Waals surface area (Å²) >= 11 is 0. The van der Waals surface area contributed by atoms with Crippen molar-refractivity contribution in [2.45, 2.75) is 20.3 Å². The zero-order chi connectivity index (χ0) is 15.3. The van der Waals surface area contributed by atoms with Crippen molar-refractivity contribution in [3.8, 4) is 0 Å². The van der Waals surface area contributed by atoms with Crippen LogP contribution in [0.5, 0.6) is 0 Å². The molecule has 108 valence electrons. The number of fused-ring (bicyclic) bond motifs is 5. The normalized spacial score (nSPS) is 11.5. The van der Waals surface area contributed by atoms with Crippen molar-refractivity contribution in [1.29, 1.82) is 0 Å². The molecule has 1 heterocycles. The average molecular weight is 288 g/mol. The van der Waals surface area contributed by atoms with Crippen LogP contribution in [0.4, 0.5) is 0 Å². The Labute approximate surface area is 128 Å². The van der Waals surface area contributed by atoms with Crippen LogP contribution in [0.2, 0.25) is 0 Å². The second-order valence-corrected chi connectivity index (χ2v) is 5.70. The fourth-order valence-corrected chi connectivity index (χ4v) is 3.29. The molecular weight excluding hydrogens is 272 g/mol. The smallest absolute Gasteiger partial charge is 0.344 e. The van der Waals surface area contributed by atoms with E-state index in [2.05, 4.69) is 25.1 Å². The summed E-state index contributed by atoms with van der Waals surface area (Å²) in [6.45, 7) is 4.12. The molecule has 0 N–H and O–H groups in total. The minimum atomic E-state index is -0.260. The lowest BCUT2D eigenvalue weighted by atomic mass is 9.95. The third kappa shape index (κ3) is 1.70. The molecule has 22 heavy (non-hydrogen) atoms. The quantitative estimate of drug-likeness (QED) is 0.365. The van der Waals surface area contributed by atoms with Crippen LogP contribution >= 0.6 is 0 Å². The molecule has 2 nitrogen and oxygen atoms in total. The monoisotopic (exact) mass is 288 g/mol. The molecule has 4 aromatic rings. The van der Waals surface area contributed by atoms with Crippen LogP contribution in [0, 0.1) is 6.92 Å². The van der Waals surface area contributed by atoms with Gasteiger partial charge in [0, 0.05) is 10.8 Å². The Morgan fingerprint density at radius 3 is 2.55 bits per heavy atom. The van der Waals surface area contributed by atoms with Gasteiger partial charge >= 0.3 is 5.63 Å². The maximum Gasteiger partial charge on any atom is 0.344 e. The standard InChI is InChI=1S/C20H16O2/c1-3-13-9-8-12(2)19-17(13)18-15-7-5-4-6-14(15)10-11-16(18)20(21)22-19/h4-11H,3H2,1-2H3. The summed E-state index contributed by atoms with van der Waals surface area (Å²) in [5.41, 5.74) is 2.67. The zero-order valence-corrected chi connectivity index (χ0v) is 12.6. The van der Waals surface area contributed by atoms with E-state index in [1.807, 2.05) is 37.3 Å². The molecule has 0 aliphatic carbocycles. The number of hydrogen-bond acceptors (Lipinski definition) is 2. The van der Waals surface area contributed by atoms with Crippen LogP contribution in [-0.4, -0.2) is 0 Å². The predicted molar refractivity (Wildman–Crippen MR) is 91.6 cm³/mol. The van der Waals surface area contributed by atoms with Crippen molar-refractivity contribution >= 4 is 32.5 Å². The lowest BCUT2D eigenvalue weighted by Crippen LogP contribution is -2.02. The first kappa shape index (κ1) is 13.1. The van der Waals surface area contributed by atoms with Crippen molar-refractivity contribution in [1.82, 2.24) is 0 Å². The molecule has 0 aliphatic rings. The molecule has 0 fully saturated rings. The summed E-state index contributed by atoms with van der Waals surface area (Å²) in [5, 5.41) is 5.01. The molecule has 0 aliphatic heterocycles. The number of rotatable bonds is 1. The summed E-state index contributed by atoms with van der Waals surface area (Å²) in [4.78, 5) is 12.4. The van der Waals surface area contributed by atoms with E-state index in [1.54, 1.807) is 0 Å². The van der Waals surface area contributed by atoms with Crippen LogP contribution in [0.1, 0.15) is 18.1 Å². The van der Waals surface area contributed by atoms with Gasteiger partial charge in [0.15, 0.2) is 0 Å². The highest BCUT2D eigenvalue weighted by atomic mass is 16.4. The molecule has 0 saturated heterocycles. The van der Waals surface area contributed by atoms with Crippen LogP contribution in [0.3, 0.4) is 0 Å². The Kier molecular flexibility index (Phi) is 2.80. The number of hydrogen-bond donors (Lipinski definition) is 0. The summed E-state index contributed by atoms with van der Waals surface area (Å²) < 4.78 is 5.64. The second-order valence-electron chi connectivity index (χ2n) is 5.70. The van der Waals surface area contributed by atoms with Gasteiger partial charge in [-0.25, -0.2) is 4.79 Å². The van der Waals surface area contributed by atoms with Gasteiger partial charge in [0.2, 0.25) is 0 Å². The van der Waals surface area contributed by atoms with Gasteiger partial charge in [0.1, 0.15) is 5.58 Å².